The molecule has 2 aromatic heterocycles. The molecule has 0 atom stereocenters. The van der Waals surface area contributed by atoms with Gasteiger partial charge in [0.15, 0.2) is 11.0 Å². The van der Waals surface area contributed by atoms with Crippen LogP contribution in [-0.4, -0.2) is 31.4 Å². The number of halogens is 1. The van der Waals surface area contributed by atoms with Crippen LogP contribution in [0.15, 0.2) is 93.9 Å². The monoisotopic (exact) mass is 575 g/mol. The Morgan fingerprint density at radius 1 is 0.974 bits per heavy atom. The van der Waals surface area contributed by atoms with Crippen molar-refractivity contribution in [1.29, 1.82) is 0 Å². The minimum absolute atomic E-state index is 0.0849. The highest BCUT2D eigenvalue weighted by Gasteiger charge is 2.18. The number of H-pyrrole nitrogens is 1. The first-order chi connectivity index (χ1) is 19.1. The van der Waals surface area contributed by atoms with Crippen molar-refractivity contribution in [3.8, 4) is 11.4 Å². The highest BCUT2D eigenvalue weighted by Crippen LogP contribution is 2.34. The zero-order valence-corrected chi connectivity index (χ0v) is 24.1. The van der Waals surface area contributed by atoms with E-state index in [4.69, 9.17) is 11.6 Å². The summed E-state index contributed by atoms with van der Waals surface area (Å²) >= 11 is 9.03. The average molecular weight is 576 g/mol. The lowest BCUT2D eigenvalue weighted by molar-refractivity contribution is -0.113. The van der Waals surface area contributed by atoms with Crippen LogP contribution >= 0.6 is 35.1 Å². The van der Waals surface area contributed by atoms with Gasteiger partial charge in [0.05, 0.1) is 11.4 Å². The SMILES string of the molecule is CCCCCCn1c(SCC(=O)Nc2ccccc2Sc2ccc(Cl)cc2)nnc1-c1c[nH]c2ccccc12. The molecule has 6 nitrogen and oxygen atoms in total. The zero-order chi connectivity index (χ0) is 27.0. The molecule has 0 unspecified atom stereocenters. The molecule has 0 bridgehead atoms. The summed E-state index contributed by atoms with van der Waals surface area (Å²) in [5.74, 6) is 0.982. The highest BCUT2D eigenvalue weighted by atomic mass is 35.5. The number of rotatable bonds is 12. The van der Waals surface area contributed by atoms with Gasteiger partial charge < -0.3 is 14.9 Å². The summed E-state index contributed by atoms with van der Waals surface area (Å²) < 4.78 is 2.16. The van der Waals surface area contributed by atoms with Gasteiger partial charge in [-0.15, -0.1) is 10.2 Å². The third kappa shape index (κ3) is 6.87. The lowest BCUT2D eigenvalue weighted by Crippen LogP contribution is -2.15. The molecular weight excluding hydrogens is 546 g/mol. The number of nitrogens with one attached hydrogen (secondary N) is 2. The molecular formula is C30H30ClN5OS2. The molecule has 0 fully saturated rings. The van der Waals surface area contributed by atoms with Crippen LogP contribution in [0.2, 0.25) is 5.02 Å². The van der Waals surface area contributed by atoms with Crippen molar-refractivity contribution in [1.82, 2.24) is 19.7 Å². The second-order valence-corrected chi connectivity index (χ2v) is 11.6. The number of hydrogen-bond acceptors (Lipinski definition) is 5. The van der Waals surface area contributed by atoms with Gasteiger partial charge in [-0.05, 0) is 48.9 Å². The van der Waals surface area contributed by atoms with Gasteiger partial charge in [0, 0.05) is 44.0 Å². The molecule has 1 amide bonds. The van der Waals surface area contributed by atoms with Crippen molar-refractivity contribution in [2.75, 3.05) is 11.1 Å². The lowest BCUT2D eigenvalue weighted by atomic mass is 10.1. The number of nitrogens with zero attached hydrogens (tertiary/aromatic N) is 3. The largest absolute Gasteiger partial charge is 0.360 e. The van der Waals surface area contributed by atoms with E-state index >= 15 is 0 Å². The summed E-state index contributed by atoms with van der Waals surface area (Å²) in [6.07, 6.45) is 6.55. The topological polar surface area (TPSA) is 75.6 Å². The quantitative estimate of drug-likeness (QED) is 0.115. The molecule has 0 aliphatic heterocycles. The van der Waals surface area contributed by atoms with Crippen LogP contribution < -0.4 is 5.32 Å². The molecule has 5 rings (SSSR count). The molecule has 39 heavy (non-hydrogen) atoms. The van der Waals surface area contributed by atoms with Crippen molar-refractivity contribution < 1.29 is 4.79 Å². The van der Waals surface area contributed by atoms with Gasteiger partial charge in [-0.3, -0.25) is 4.79 Å². The van der Waals surface area contributed by atoms with E-state index in [-0.39, 0.29) is 11.7 Å². The molecule has 0 saturated heterocycles. The van der Waals surface area contributed by atoms with Gasteiger partial charge in [-0.25, -0.2) is 0 Å². The number of amides is 1. The van der Waals surface area contributed by atoms with Crippen molar-refractivity contribution in [3.05, 3.63) is 84.0 Å². The molecule has 2 N–H and O–H groups in total. The number of carbonyl (C=O) groups is 1. The maximum Gasteiger partial charge on any atom is 0.234 e. The Morgan fingerprint density at radius 2 is 1.77 bits per heavy atom. The van der Waals surface area contributed by atoms with Crippen molar-refractivity contribution >= 4 is 57.6 Å². The summed E-state index contributed by atoms with van der Waals surface area (Å²) in [6.45, 7) is 3.02. The molecule has 200 valence electrons. The van der Waals surface area contributed by atoms with E-state index in [9.17, 15) is 4.79 Å². The molecule has 0 radical (unpaired) electrons. The molecule has 3 aromatic carbocycles. The Bertz CT molecular complexity index is 1550. The van der Waals surface area contributed by atoms with Gasteiger partial charge in [0.1, 0.15) is 0 Å². The summed E-state index contributed by atoms with van der Waals surface area (Å²) in [4.78, 5) is 18.4. The molecule has 5 aromatic rings. The van der Waals surface area contributed by atoms with Crippen molar-refractivity contribution in [2.24, 2.45) is 0 Å². The van der Waals surface area contributed by atoms with Crippen LogP contribution in [0.5, 0.6) is 0 Å². The predicted molar refractivity (Wildman–Crippen MR) is 163 cm³/mol. The summed E-state index contributed by atoms with van der Waals surface area (Å²) in [7, 11) is 0. The van der Waals surface area contributed by atoms with Crippen LogP contribution in [0.4, 0.5) is 5.69 Å². The Morgan fingerprint density at radius 3 is 2.62 bits per heavy atom. The number of aromatic nitrogens is 4. The molecule has 0 saturated carbocycles. The van der Waals surface area contributed by atoms with Crippen LogP contribution in [0.3, 0.4) is 0 Å². The van der Waals surface area contributed by atoms with E-state index in [1.165, 1.54) is 24.6 Å². The van der Waals surface area contributed by atoms with Crippen molar-refractivity contribution in [3.63, 3.8) is 0 Å². The van der Waals surface area contributed by atoms with E-state index in [1.807, 2.05) is 66.9 Å². The fourth-order valence-corrected chi connectivity index (χ4v) is 6.15. The smallest absolute Gasteiger partial charge is 0.234 e. The Hall–Kier alpha value is -3.20. The van der Waals surface area contributed by atoms with E-state index < -0.39 is 0 Å². The molecule has 0 aliphatic carbocycles. The third-order valence-corrected chi connectivity index (χ3v) is 8.62. The van der Waals surface area contributed by atoms with Crippen LogP contribution in [0.1, 0.15) is 32.6 Å². The average Bonchev–Trinajstić information content (AvgIpc) is 3.56. The number of thioether (sulfide) groups is 1. The first-order valence-electron chi connectivity index (χ1n) is 13.1. The lowest BCUT2D eigenvalue weighted by Gasteiger charge is -2.12. The van der Waals surface area contributed by atoms with Gasteiger partial charge in [-0.2, -0.15) is 0 Å². The van der Waals surface area contributed by atoms with E-state index in [1.54, 1.807) is 11.8 Å². The van der Waals surface area contributed by atoms with Gasteiger partial charge in [0.25, 0.3) is 0 Å². The normalized spacial score (nSPS) is 11.2. The van der Waals surface area contributed by atoms with Gasteiger partial charge in [0.2, 0.25) is 5.91 Å². The first kappa shape index (κ1) is 27.4. The van der Waals surface area contributed by atoms with E-state index in [0.29, 0.717) is 5.02 Å². The first-order valence-corrected chi connectivity index (χ1v) is 15.2. The molecule has 0 aliphatic rings. The maximum absolute atomic E-state index is 13.0. The number of aromatic amines is 1. The second-order valence-electron chi connectivity index (χ2n) is 9.16. The van der Waals surface area contributed by atoms with E-state index in [0.717, 1.165) is 62.3 Å². The zero-order valence-electron chi connectivity index (χ0n) is 21.7. The summed E-state index contributed by atoms with van der Waals surface area (Å²) in [5.41, 5.74) is 2.87. The van der Waals surface area contributed by atoms with Crippen LogP contribution in [0.25, 0.3) is 22.3 Å². The number of fused-ring (bicyclic) bond motifs is 1. The number of benzene rings is 3. The second kappa shape index (κ2) is 13.2. The Kier molecular flexibility index (Phi) is 9.29. The highest BCUT2D eigenvalue weighted by molar-refractivity contribution is 8.00. The summed E-state index contributed by atoms with van der Waals surface area (Å²) in [6, 6.07) is 23.7. The van der Waals surface area contributed by atoms with Crippen molar-refractivity contribution in [2.45, 2.75) is 54.1 Å². The number of para-hydroxylation sites is 2. The Labute approximate surface area is 242 Å². The molecule has 2 heterocycles. The fourth-order valence-electron chi connectivity index (χ4n) is 4.35. The van der Waals surface area contributed by atoms with E-state index in [2.05, 4.69) is 44.1 Å². The van der Waals surface area contributed by atoms with Gasteiger partial charge >= 0.3 is 0 Å². The number of unbranched alkanes of at least 4 members (excludes halogenated alkanes) is 3. The third-order valence-electron chi connectivity index (χ3n) is 6.32. The molecule has 9 heteroatoms. The Balaban J connectivity index is 1.30. The molecule has 0 spiro atoms. The number of carbonyl (C=O) groups excluding carboxylic acids is 1. The maximum atomic E-state index is 13.0. The minimum atomic E-state index is -0.0849. The minimum Gasteiger partial charge on any atom is -0.360 e. The summed E-state index contributed by atoms with van der Waals surface area (Å²) in [5, 5.41) is 14.7. The van der Waals surface area contributed by atoms with Crippen LogP contribution in [-0.2, 0) is 11.3 Å². The number of anilines is 1. The predicted octanol–water partition coefficient (Wildman–Crippen LogP) is 8.54. The number of hydrogen-bond donors (Lipinski definition) is 2. The van der Waals surface area contributed by atoms with Crippen LogP contribution in [0, 0.1) is 0 Å². The fraction of sp³-hybridized carbons (Fsp3) is 0.233. The standard InChI is InChI=1S/C30H30ClN5OS2/c1-2-3-4-9-18-36-29(24-19-32-25-11-6-5-10-23(24)25)34-35-30(36)38-20-28(37)33-26-12-7-8-13-27(26)39-22-16-14-21(31)15-17-22/h5-8,10-17,19,32H,2-4,9,18,20H2,1H3,(H,33,37). The van der Waals surface area contributed by atoms with Gasteiger partial charge in [-0.1, -0.05) is 91.6 Å².